The van der Waals surface area contributed by atoms with Crippen molar-refractivity contribution in [1.29, 1.82) is 0 Å². The van der Waals surface area contributed by atoms with E-state index >= 15 is 0 Å². The molecule has 2 aliphatic rings. The van der Waals surface area contributed by atoms with Gasteiger partial charge in [0.15, 0.2) is 0 Å². The molecule has 2 fully saturated rings. The van der Waals surface area contributed by atoms with Crippen LogP contribution in [-0.4, -0.2) is 99.7 Å². The van der Waals surface area contributed by atoms with Crippen LogP contribution in [0.2, 0.25) is 0 Å². The third kappa shape index (κ3) is 5.28. The summed E-state index contributed by atoms with van der Waals surface area (Å²) in [5.41, 5.74) is 6.18. The van der Waals surface area contributed by atoms with Crippen molar-refractivity contribution in [3.05, 3.63) is 66.7 Å². The average Bonchev–Trinajstić information content (AvgIpc) is 3.63. The highest BCUT2D eigenvalue weighted by molar-refractivity contribution is 6.02. The topological polar surface area (TPSA) is 110 Å². The summed E-state index contributed by atoms with van der Waals surface area (Å²) in [7, 11) is 4.28. The van der Waals surface area contributed by atoms with Gasteiger partial charge in [-0.25, -0.2) is 9.50 Å². The van der Waals surface area contributed by atoms with Crippen molar-refractivity contribution in [3.63, 3.8) is 0 Å². The van der Waals surface area contributed by atoms with Gasteiger partial charge in [-0.1, -0.05) is 6.07 Å². The van der Waals surface area contributed by atoms with Crippen LogP contribution in [0.3, 0.4) is 0 Å². The zero-order valence-corrected chi connectivity index (χ0v) is 24.0. The van der Waals surface area contributed by atoms with Gasteiger partial charge in [-0.15, -0.1) is 0 Å². The van der Waals surface area contributed by atoms with Gasteiger partial charge in [-0.2, -0.15) is 10.1 Å². The lowest BCUT2D eigenvalue weighted by Gasteiger charge is -2.34. The minimum absolute atomic E-state index is 0.0774. The monoisotopic (exact) mass is 564 g/mol. The molecule has 11 nitrogen and oxygen atoms in total. The maximum atomic E-state index is 13.2. The molecule has 3 N–H and O–H groups in total. The molecule has 4 aromatic heterocycles. The van der Waals surface area contributed by atoms with E-state index in [0.29, 0.717) is 11.5 Å². The zero-order chi connectivity index (χ0) is 28.6. The average molecular weight is 565 g/mol. The van der Waals surface area contributed by atoms with Crippen LogP contribution in [0.15, 0.2) is 61.2 Å². The number of piperazine rings is 1. The van der Waals surface area contributed by atoms with Crippen LogP contribution in [0, 0.1) is 0 Å². The molecule has 1 amide bonds. The zero-order valence-electron chi connectivity index (χ0n) is 24.0. The van der Waals surface area contributed by atoms with Crippen LogP contribution >= 0.6 is 0 Å². The van der Waals surface area contributed by atoms with Gasteiger partial charge in [0.05, 0.1) is 17.3 Å². The quantitative estimate of drug-likeness (QED) is 0.287. The van der Waals surface area contributed by atoms with E-state index in [1.54, 1.807) is 10.7 Å². The fourth-order valence-electron chi connectivity index (χ4n) is 5.92. The largest absolute Gasteiger partial charge is 0.369 e. The minimum Gasteiger partial charge on any atom is -0.369 e. The smallest absolute Gasteiger partial charge is 0.255 e. The fourth-order valence-corrected chi connectivity index (χ4v) is 5.92. The van der Waals surface area contributed by atoms with E-state index < -0.39 is 0 Å². The SMILES string of the molecule is CN1CCC(NC(=O)c2cnn3ccc(-c4c[nH]c5nc(Nc6cccc(N7CCN(C)CC7)c6)ncc45)cc23)CC1. The Morgan fingerprint density at radius 3 is 2.62 bits per heavy atom. The van der Waals surface area contributed by atoms with E-state index in [-0.39, 0.29) is 11.9 Å². The van der Waals surface area contributed by atoms with Gasteiger partial charge in [-0.3, -0.25) is 4.79 Å². The number of hydrogen-bond acceptors (Lipinski definition) is 8. The number of pyridine rings is 1. The number of anilines is 3. The van der Waals surface area contributed by atoms with Gasteiger partial charge in [0.2, 0.25) is 5.95 Å². The summed E-state index contributed by atoms with van der Waals surface area (Å²) in [6, 6.07) is 12.6. The van der Waals surface area contributed by atoms with Gasteiger partial charge in [0.1, 0.15) is 5.65 Å². The van der Waals surface area contributed by atoms with Gasteiger partial charge in [-0.05, 0) is 75.9 Å². The number of likely N-dealkylation sites (N-methyl/N-ethyl adjacent to an activating group) is 1. The number of nitrogens with one attached hydrogen (secondary N) is 3. The number of benzene rings is 1. The van der Waals surface area contributed by atoms with E-state index in [2.05, 4.69) is 72.7 Å². The lowest BCUT2D eigenvalue weighted by atomic mass is 10.0. The lowest BCUT2D eigenvalue weighted by molar-refractivity contribution is 0.0918. The molecule has 216 valence electrons. The van der Waals surface area contributed by atoms with Crippen molar-refractivity contribution in [1.82, 2.24) is 39.7 Å². The molecule has 0 aliphatic carbocycles. The fraction of sp³-hybridized carbons (Fsp3) is 0.355. The predicted molar refractivity (Wildman–Crippen MR) is 165 cm³/mol. The van der Waals surface area contributed by atoms with Crippen LogP contribution in [0.5, 0.6) is 0 Å². The maximum absolute atomic E-state index is 13.2. The van der Waals surface area contributed by atoms with Crippen molar-refractivity contribution in [2.75, 3.05) is 63.6 Å². The molecule has 0 spiro atoms. The second-order valence-corrected chi connectivity index (χ2v) is 11.5. The Hall–Kier alpha value is -4.48. The first-order valence-corrected chi connectivity index (χ1v) is 14.6. The van der Waals surface area contributed by atoms with Crippen LogP contribution < -0.4 is 15.5 Å². The molecule has 2 aliphatic heterocycles. The molecule has 7 rings (SSSR count). The van der Waals surface area contributed by atoms with Crippen LogP contribution in [0.25, 0.3) is 27.7 Å². The van der Waals surface area contributed by atoms with E-state index in [4.69, 9.17) is 4.98 Å². The Morgan fingerprint density at radius 2 is 1.79 bits per heavy atom. The first kappa shape index (κ1) is 26.4. The number of likely N-dealkylation sites (tertiary alicyclic amines) is 1. The number of amides is 1. The Balaban J connectivity index is 1.10. The van der Waals surface area contributed by atoms with Crippen LogP contribution in [0.1, 0.15) is 23.2 Å². The summed E-state index contributed by atoms with van der Waals surface area (Å²) in [5, 5.41) is 11.9. The molecule has 0 atom stereocenters. The predicted octanol–water partition coefficient (Wildman–Crippen LogP) is 3.59. The number of aromatic nitrogens is 5. The van der Waals surface area contributed by atoms with Crippen molar-refractivity contribution in [2.45, 2.75) is 18.9 Å². The highest BCUT2D eigenvalue weighted by Crippen LogP contribution is 2.30. The van der Waals surface area contributed by atoms with Gasteiger partial charge in [0.25, 0.3) is 5.91 Å². The molecular formula is C31H36N10O. The standard InChI is InChI=1S/C31H36N10O/c1-38-9-7-22(8-10-38)35-30(42)27-20-34-41-11-6-21(16-28(27)41)25-18-32-29-26(25)19-33-31(37-29)36-23-4-3-5-24(17-23)40-14-12-39(2)13-15-40/h3-6,11,16-20,22H,7-10,12-15H2,1-2H3,(H,35,42)(H2,32,33,36,37). The number of carbonyl (C=O) groups is 1. The number of piperidine rings is 1. The Kier molecular flexibility index (Phi) is 6.96. The Bertz CT molecular complexity index is 1730. The molecule has 6 heterocycles. The highest BCUT2D eigenvalue weighted by atomic mass is 16.1. The normalized spacial score (nSPS) is 17.2. The summed E-state index contributed by atoms with van der Waals surface area (Å²) in [6.45, 7) is 6.15. The second kappa shape index (κ2) is 11.1. The number of fused-ring (bicyclic) bond motifs is 2. The number of aromatic amines is 1. The molecule has 0 unspecified atom stereocenters. The second-order valence-electron chi connectivity index (χ2n) is 11.5. The van der Waals surface area contributed by atoms with Gasteiger partial charge in [0, 0.05) is 73.1 Å². The Morgan fingerprint density at radius 1 is 0.976 bits per heavy atom. The first-order chi connectivity index (χ1) is 20.5. The van der Waals surface area contributed by atoms with Crippen molar-refractivity contribution in [2.24, 2.45) is 0 Å². The first-order valence-electron chi connectivity index (χ1n) is 14.6. The van der Waals surface area contributed by atoms with Crippen LogP contribution in [-0.2, 0) is 0 Å². The highest BCUT2D eigenvalue weighted by Gasteiger charge is 2.22. The Labute approximate surface area is 244 Å². The van der Waals surface area contributed by atoms with Gasteiger partial charge < -0.3 is 30.3 Å². The van der Waals surface area contributed by atoms with Crippen molar-refractivity contribution >= 4 is 39.8 Å². The molecule has 2 saturated heterocycles. The molecular weight excluding hydrogens is 528 g/mol. The van der Waals surface area contributed by atoms with E-state index in [9.17, 15) is 4.79 Å². The number of nitrogens with zero attached hydrogens (tertiary/aromatic N) is 7. The lowest BCUT2D eigenvalue weighted by Crippen LogP contribution is -2.44. The molecule has 42 heavy (non-hydrogen) atoms. The van der Waals surface area contributed by atoms with E-state index in [0.717, 1.165) is 85.5 Å². The minimum atomic E-state index is -0.0774. The van der Waals surface area contributed by atoms with Gasteiger partial charge >= 0.3 is 0 Å². The number of rotatable bonds is 6. The number of carbonyl (C=O) groups excluding carboxylic acids is 1. The summed E-state index contributed by atoms with van der Waals surface area (Å²) < 4.78 is 1.75. The summed E-state index contributed by atoms with van der Waals surface area (Å²) >= 11 is 0. The number of hydrogen-bond donors (Lipinski definition) is 3. The van der Waals surface area contributed by atoms with Crippen molar-refractivity contribution < 1.29 is 4.79 Å². The molecule has 0 bridgehead atoms. The van der Waals surface area contributed by atoms with Crippen molar-refractivity contribution in [3.8, 4) is 11.1 Å². The van der Waals surface area contributed by atoms with Crippen LogP contribution in [0.4, 0.5) is 17.3 Å². The summed E-state index contributed by atoms with van der Waals surface area (Å²) in [5.74, 6) is 0.455. The maximum Gasteiger partial charge on any atom is 0.255 e. The molecule has 1 aromatic carbocycles. The molecule has 11 heteroatoms. The molecule has 0 radical (unpaired) electrons. The number of H-pyrrole nitrogens is 1. The van der Waals surface area contributed by atoms with E-state index in [1.807, 2.05) is 36.8 Å². The molecule has 5 aromatic rings. The van der Waals surface area contributed by atoms with E-state index in [1.165, 1.54) is 5.69 Å². The third-order valence-electron chi connectivity index (χ3n) is 8.53. The third-order valence-corrected chi connectivity index (χ3v) is 8.53. The molecule has 0 saturated carbocycles. The summed E-state index contributed by atoms with van der Waals surface area (Å²) in [6.07, 6.45) is 9.24. The summed E-state index contributed by atoms with van der Waals surface area (Å²) in [4.78, 5) is 32.9.